The summed E-state index contributed by atoms with van der Waals surface area (Å²) >= 11 is 1.28. The molecule has 4 nitrogen and oxygen atoms in total. The molecule has 20 heavy (non-hydrogen) atoms. The molecule has 0 bridgehead atoms. The van der Waals surface area contributed by atoms with Gasteiger partial charge in [0.05, 0.1) is 13.1 Å². The molecule has 1 aromatic carbocycles. The molecule has 1 heterocycles. The quantitative estimate of drug-likeness (QED) is 0.788. The fourth-order valence-electron chi connectivity index (χ4n) is 2.26. The van der Waals surface area contributed by atoms with Crippen LogP contribution in [0.2, 0.25) is 0 Å². The Balaban J connectivity index is 2.69. The Kier molecular flexibility index (Phi) is 4.49. The van der Waals surface area contributed by atoms with Gasteiger partial charge >= 0.3 is 0 Å². The number of aliphatic carboxylic acids is 1. The first-order chi connectivity index (χ1) is 9.58. The maximum absolute atomic E-state index is 10.7. The molecule has 0 aliphatic carbocycles. The second kappa shape index (κ2) is 6.13. The highest BCUT2D eigenvalue weighted by molar-refractivity contribution is 8.00. The lowest BCUT2D eigenvalue weighted by Crippen LogP contribution is -2.24. The van der Waals surface area contributed by atoms with Gasteiger partial charge in [-0.25, -0.2) is 4.98 Å². The number of carboxylic acids is 1. The molecular formula is C15H16NO3S-. The first-order valence-corrected chi connectivity index (χ1v) is 7.35. The Labute approximate surface area is 122 Å². The van der Waals surface area contributed by atoms with Crippen molar-refractivity contribution in [1.82, 2.24) is 4.98 Å². The predicted molar refractivity (Wildman–Crippen MR) is 78.1 cm³/mol. The molecule has 2 rings (SSSR count). The SMILES string of the molecule is CCc1c(C)nc2c(OC)cccc2c1SCC(=O)[O-]. The molecule has 0 aliphatic rings. The lowest BCUT2D eigenvalue weighted by molar-refractivity contribution is -0.301. The van der Waals surface area contributed by atoms with Crippen LogP contribution in [0.3, 0.4) is 0 Å². The lowest BCUT2D eigenvalue weighted by Gasteiger charge is -2.15. The van der Waals surface area contributed by atoms with E-state index in [0.29, 0.717) is 5.75 Å². The van der Waals surface area contributed by atoms with E-state index in [0.717, 1.165) is 33.5 Å². The van der Waals surface area contributed by atoms with Gasteiger partial charge in [-0.1, -0.05) is 19.1 Å². The van der Waals surface area contributed by atoms with Gasteiger partial charge in [-0.05, 0) is 25.0 Å². The van der Waals surface area contributed by atoms with Crippen molar-refractivity contribution < 1.29 is 14.6 Å². The number of methoxy groups -OCH3 is 1. The Morgan fingerprint density at radius 2 is 2.20 bits per heavy atom. The number of ether oxygens (including phenoxy) is 1. The van der Waals surface area contributed by atoms with Crippen LogP contribution in [0.15, 0.2) is 23.1 Å². The number of thioether (sulfide) groups is 1. The summed E-state index contributed by atoms with van der Waals surface area (Å²) in [6, 6.07) is 5.69. The number of fused-ring (bicyclic) bond motifs is 1. The summed E-state index contributed by atoms with van der Waals surface area (Å²) in [5.41, 5.74) is 2.76. The van der Waals surface area contributed by atoms with E-state index in [1.54, 1.807) is 7.11 Å². The molecule has 0 saturated heterocycles. The minimum absolute atomic E-state index is 0.0667. The minimum Gasteiger partial charge on any atom is -0.549 e. The number of hydrogen-bond donors (Lipinski definition) is 0. The lowest BCUT2D eigenvalue weighted by atomic mass is 10.1. The van der Waals surface area contributed by atoms with Crippen LogP contribution in [0.4, 0.5) is 0 Å². The number of carbonyl (C=O) groups excluding carboxylic acids is 1. The number of nitrogens with zero attached hydrogens (tertiary/aromatic N) is 1. The molecule has 5 heteroatoms. The van der Waals surface area contributed by atoms with E-state index in [9.17, 15) is 9.90 Å². The zero-order valence-corrected chi connectivity index (χ0v) is 12.5. The summed E-state index contributed by atoms with van der Waals surface area (Å²) in [7, 11) is 1.60. The van der Waals surface area contributed by atoms with Crippen molar-refractivity contribution in [2.24, 2.45) is 0 Å². The second-order valence-corrected chi connectivity index (χ2v) is 5.36. The Morgan fingerprint density at radius 3 is 2.80 bits per heavy atom. The average molecular weight is 290 g/mol. The van der Waals surface area contributed by atoms with Crippen LogP contribution in [0.5, 0.6) is 5.75 Å². The van der Waals surface area contributed by atoms with Gasteiger partial charge in [-0.3, -0.25) is 0 Å². The first kappa shape index (κ1) is 14.7. The highest BCUT2D eigenvalue weighted by Gasteiger charge is 2.14. The zero-order chi connectivity index (χ0) is 14.7. The topological polar surface area (TPSA) is 62.2 Å². The van der Waals surface area contributed by atoms with E-state index in [1.165, 1.54) is 11.8 Å². The van der Waals surface area contributed by atoms with Crippen LogP contribution in [0.1, 0.15) is 18.2 Å². The largest absolute Gasteiger partial charge is 0.549 e. The second-order valence-electron chi connectivity index (χ2n) is 4.38. The maximum atomic E-state index is 10.7. The minimum atomic E-state index is -1.07. The van der Waals surface area contributed by atoms with E-state index in [4.69, 9.17) is 4.74 Å². The van der Waals surface area contributed by atoms with E-state index in [2.05, 4.69) is 4.98 Å². The number of para-hydroxylation sites is 1. The number of carbonyl (C=O) groups is 1. The van der Waals surface area contributed by atoms with Gasteiger partial charge in [0.25, 0.3) is 0 Å². The van der Waals surface area contributed by atoms with Crippen molar-refractivity contribution >= 4 is 28.6 Å². The third-order valence-corrected chi connectivity index (χ3v) is 4.28. The fourth-order valence-corrected chi connectivity index (χ4v) is 3.31. The number of rotatable bonds is 5. The summed E-state index contributed by atoms with van der Waals surface area (Å²) in [4.78, 5) is 16.3. The van der Waals surface area contributed by atoms with Gasteiger partial charge in [-0.15, -0.1) is 11.8 Å². The van der Waals surface area contributed by atoms with E-state index < -0.39 is 5.97 Å². The van der Waals surface area contributed by atoms with Gasteiger partial charge < -0.3 is 14.6 Å². The third kappa shape index (κ3) is 2.72. The van der Waals surface area contributed by atoms with Crippen molar-refractivity contribution in [3.8, 4) is 5.75 Å². The highest BCUT2D eigenvalue weighted by atomic mass is 32.2. The third-order valence-electron chi connectivity index (χ3n) is 3.14. The summed E-state index contributed by atoms with van der Waals surface area (Å²) in [6.07, 6.45) is 0.807. The summed E-state index contributed by atoms with van der Waals surface area (Å²) in [6.45, 7) is 3.98. The van der Waals surface area contributed by atoms with Gasteiger partial charge in [-0.2, -0.15) is 0 Å². The molecule has 0 atom stereocenters. The van der Waals surface area contributed by atoms with Crippen LogP contribution >= 0.6 is 11.8 Å². The van der Waals surface area contributed by atoms with Crippen molar-refractivity contribution in [1.29, 1.82) is 0 Å². The number of aromatic nitrogens is 1. The number of carboxylic acid groups (broad SMARTS) is 1. The van der Waals surface area contributed by atoms with Crippen molar-refractivity contribution in [2.45, 2.75) is 25.2 Å². The molecule has 106 valence electrons. The number of pyridine rings is 1. The maximum Gasteiger partial charge on any atom is 0.145 e. The molecule has 0 radical (unpaired) electrons. The summed E-state index contributed by atoms with van der Waals surface area (Å²) < 4.78 is 5.34. The summed E-state index contributed by atoms with van der Waals surface area (Å²) in [5, 5.41) is 11.7. The van der Waals surface area contributed by atoms with Gasteiger partial charge in [0.2, 0.25) is 0 Å². The summed E-state index contributed by atoms with van der Waals surface area (Å²) in [5.74, 6) is -0.436. The monoisotopic (exact) mass is 290 g/mol. The van der Waals surface area contributed by atoms with Crippen LogP contribution in [-0.4, -0.2) is 23.8 Å². The van der Waals surface area contributed by atoms with E-state index in [-0.39, 0.29) is 5.75 Å². The van der Waals surface area contributed by atoms with Gasteiger partial charge in [0, 0.05) is 21.7 Å². The molecule has 0 N–H and O–H groups in total. The van der Waals surface area contributed by atoms with Gasteiger partial charge in [0.15, 0.2) is 0 Å². The molecule has 0 amide bonds. The Hall–Kier alpha value is -1.75. The van der Waals surface area contributed by atoms with Crippen LogP contribution in [0, 0.1) is 6.92 Å². The molecule has 0 fully saturated rings. The van der Waals surface area contributed by atoms with E-state index in [1.807, 2.05) is 32.0 Å². The number of hydrogen-bond acceptors (Lipinski definition) is 5. The average Bonchev–Trinajstić information content (AvgIpc) is 2.43. The smallest absolute Gasteiger partial charge is 0.145 e. The molecule has 0 unspecified atom stereocenters. The van der Waals surface area contributed by atoms with Crippen molar-refractivity contribution in [2.75, 3.05) is 12.9 Å². The molecule has 0 aliphatic heterocycles. The van der Waals surface area contributed by atoms with Crippen LogP contribution < -0.4 is 9.84 Å². The molecular weight excluding hydrogens is 274 g/mol. The van der Waals surface area contributed by atoms with Crippen LogP contribution in [0.25, 0.3) is 10.9 Å². The molecule has 1 aromatic heterocycles. The fraction of sp³-hybridized carbons (Fsp3) is 0.333. The molecule has 2 aromatic rings. The van der Waals surface area contributed by atoms with Crippen molar-refractivity contribution in [3.63, 3.8) is 0 Å². The Morgan fingerprint density at radius 1 is 1.45 bits per heavy atom. The van der Waals surface area contributed by atoms with E-state index >= 15 is 0 Å². The predicted octanol–water partition coefficient (Wildman–Crippen LogP) is 1.96. The van der Waals surface area contributed by atoms with Crippen molar-refractivity contribution in [3.05, 3.63) is 29.5 Å². The molecule has 0 saturated carbocycles. The van der Waals surface area contributed by atoms with Gasteiger partial charge in [0.1, 0.15) is 11.3 Å². The van der Waals surface area contributed by atoms with Crippen LogP contribution in [-0.2, 0) is 11.2 Å². The zero-order valence-electron chi connectivity index (χ0n) is 11.7. The Bertz CT molecular complexity index is 655. The normalized spacial score (nSPS) is 10.8. The number of benzene rings is 1. The highest BCUT2D eigenvalue weighted by Crippen LogP contribution is 2.35. The standard InChI is InChI=1S/C15H17NO3S/c1-4-10-9(2)16-14-11(6-5-7-12(14)19-3)15(10)20-8-13(17)18/h5-7H,4,8H2,1-3H3,(H,17,18)/p-1. The first-order valence-electron chi connectivity index (χ1n) is 6.37. The number of aryl methyl sites for hydroxylation is 1. The molecule has 0 spiro atoms.